The molecule has 0 saturated carbocycles. The van der Waals surface area contributed by atoms with E-state index in [9.17, 15) is 28.8 Å². The molecule has 14 heteroatoms. The molecule has 410 valence electrons. The lowest BCUT2D eigenvalue weighted by molar-refractivity contribution is -0.121. The van der Waals surface area contributed by atoms with Gasteiger partial charge in [0.2, 0.25) is 13.6 Å². The summed E-state index contributed by atoms with van der Waals surface area (Å²) in [6.07, 6.45) is 4.81. The van der Waals surface area contributed by atoms with Crippen molar-refractivity contribution in [2.45, 2.75) is 13.8 Å². The monoisotopic (exact) mass is 1110 g/mol. The van der Waals surface area contributed by atoms with Crippen LogP contribution < -0.4 is 38.2 Å². The molecule has 0 spiro atoms. The summed E-state index contributed by atoms with van der Waals surface area (Å²) < 4.78 is 36.4. The molecule has 0 atom stereocenters. The van der Waals surface area contributed by atoms with E-state index in [4.69, 9.17) is 28.4 Å². The van der Waals surface area contributed by atoms with Crippen molar-refractivity contribution in [1.29, 1.82) is 0 Å². The maximum atomic E-state index is 12.9. The van der Waals surface area contributed by atoms with Crippen LogP contribution in [0.4, 0.5) is 11.4 Å². The Labute approximate surface area is 481 Å². The van der Waals surface area contributed by atoms with Gasteiger partial charge in [0.15, 0.2) is 0 Å². The Balaban J connectivity index is 0.683. The number of imide groups is 2. The van der Waals surface area contributed by atoms with E-state index < -0.39 is 35.6 Å². The number of ether oxygens (including phenoxy) is 6. The summed E-state index contributed by atoms with van der Waals surface area (Å²) in [6.45, 7) is 3.97. The number of hydrogen-bond donors (Lipinski definition) is 0. The minimum Gasteiger partial charge on any atom is -0.458 e. The van der Waals surface area contributed by atoms with Crippen LogP contribution in [-0.4, -0.2) is 49.2 Å². The summed E-state index contributed by atoms with van der Waals surface area (Å²) in [6, 6.07) is 62.3. The van der Waals surface area contributed by atoms with Crippen LogP contribution in [0.15, 0.2) is 231 Å². The molecule has 0 aromatic heterocycles. The lowest BCUT2D eigenvalue weighted by Gasteiger charge is -2.19. The summed E-state index contributed by atoms with van der Waals surface area (Å²) >= 11 is 0. The Morgan fingerprint density at radius 3 is 1.20 bits per heavy atom. The zero-order valence-corrected chi connectivity index (χ0v) is 45.1. The number of amides is 4. The van der Waals surface area contributed by atoms with Gasteiger partial charge in [-0.3, -0.25) is 19.2 Å². The first-order chi connectivity index (χ1) is 40.9. The Bertz CT molecular complexity index is 4270. The van der Waals surface area contributed by atoms with Gasteiger partial charge in [0.25, 0.3) is 23.6 Å². The summed E-state index contributed by atoms with van der Waals surface area (Å²) in [5, 5.41) is 4.03. The number of fused-ring (bicyclic) bond motifs is 2. The van der Waals surface area contributed by atoms with Crippen molar-refractivity contribution in [3.63, 3.8) is 0 Å². The van der Waals surface area contributed by atoms with Gasteiger partial charge in [-0.2, -0.15) is 0 Å². The fraction of sp³-hybridized carbons (Fsp3) is 0.0571. The normalized spacial score (nSPS) is 12.8. The fourth-order valence-corrected chi connectivity index (χ4v) is 9.96. The third-order valence-electron chi connectivity index (χ3n) is 14.2. The van der Waals surface area contributed by atoms with Crippen molar-refractivity contribution >= 4 is 68.5 Å². The molecule has 0 fully saturated rings. The first-order valence-corrected chi connectivity index (χ1v) is 26.6. The number of carbonyl (C=O) groups is 6. The molecular weight excluding hydrogens is 1060 g/mol. The number of aryl methyl sites for hydroxylation is 2. The van der Waals surface area contributed by atoms with Crippen LogP contribution in [0.1, 0.15) is 31.8 Å². The largest absolute Gasteiger partial charge is 0.458 e. The van der Waals surface area contributed by atoms with Crippen molar-refractivity contribution in [3.05, 3.63) is 253 Å². The smallest absolute Gasteiger partial charge is 0.343 e. The highest BCUT2D eigenvalue weighted by Gasteiger charge is 2.27. The molecule has 10 aromatic rings. The average Bonchev–Trinajstić information content (AvgIpc) is 3.19. The van der Waals surface area contributed by atoms with Gasteiger partial charge in [-0.05, 0) is 178 Å². The van der Waals surface area contributed by atoms with Crippen molar-refractivity contribution in [2.24, 2.45) is 0 Å². The van der Waals surface area contributed by atoms with Crippen LogP contribution in [-0.2, 0) is 19.2 Å². The minimum atomic E-state index is -0.581. The van der Waals surface area contributed by atoms with E-state index in [0.717, 1.165) is 75.9 Å². The number of esters is 2. The van der Waals surface area contributed by atoms with Gasteiger partial charge in [0.05, 0.1) is 22.5 Å². The molecule has 2 aliphatic heterocycles. The Morgan fingerprint density at radius 1 is 0.357 bits per heavy atom. The highest BCUT2D eigenvalue weighted by atomic mass is 16.7. The third kappa shape index (κ3) is 11.4. The topological polar surface area (TPSA) is 164 Å². The van der Waals surface area contributed by atoms with Crippen molar-refractivity contribution in [1.82, 2.24) is 0 Å². The van der Waals surface area contributed by atoms with E-state index >= 15 is 0 Å². The predicted octanol–water partition coefficient (Wildman–Crippen LogP) is 13.7. The van der Waals surface area contributed by atoms with Gasteiger partial charge >= 0.3 is 11.9 Å². The summed E-state index contributed by atoms with van der Waals surface area (Å²) in [4.78, 5) is 76.1. The average molecular weight is 1110 g/mol. The molecule has 10 aromatic carbocycles. The molecule has 2 heterocycles. The summed E-state index contributed by atoms with van der Waals surface area (Å²) in [5.41, 5.74) is 8.89. The van der Waals surface area contributed by atoms with Crippen LogP contribution in [0.2, 0.25) is 0 Å². The Morgan fingerprint density at radius 2 is 0.750 bits per heavy atom. The SMILES string of the molecule is Cc1ccc2c(-c3c(OCOc4ccc(-c5ccc(OC(=O)c6ccc(N7C(=O)C=CC7=O)cc6)cc5)cc4)ccc4cc(C)ccc34)cc(OCOc3ccc(-c4ccc(OC(=O)c5ccc(N6C(=O)C=CC6=O)cc5)cc4)cc3)cc2c1. The van der Waals surface area contributed by atoms with Gasteiger partial charge in [0.1, 0.15) is 34.5 Å². The van der Waals surface area contributed by atoms with E-state index in [2.05, 4.69) is 50.2 Å². The second-order valence-corrected chi connectivity index (χ2v) is 19.8. The highest BCUT2D eigenvalue weighted by molar-refractivity contribution is 6.29. The van der Waals surface area contributed by atoms with Crippen LogP contribution in [0, 0.1) is 13.8 Å². The Kier molecular flexibility index (Phi) is 14.6. The van der Waals surface area contributed by atoms with Gasteiger partial charge in [-0.25, -0.2) is 19.4 Å². The van der Waals surface area contributed by atoms with E-state index in [1.54, 1.807) is 24.3 Å². The number of carbonyl (C=O) groups excluding carboxylic acids is 6. The van der Waals surface area contributed by atoms with Gasteiger partial charge < -0.3 is 28.4 Å². The number of benzene rings is 10. The first-order valence-electron chi connectivity index (χ1n) is 26.6. The lowest BCUT2D eigenvalue weighted by Crippen LogP contribution is -2.29. The van der Waals surface area contributed by atoms with Gasteiger partial charge in [-0.1, -0.05) is 102 Å². The maximum absolute atomic E-state index is 12.9. The van der Waals surface area contributed by atoms with E-state index in [1.807, 2.05) is 97.1 Å². The number of nitrogens with zero attached hydrogens (tertiary/aromatic N) is 2. The number of anilines is 2. The highest BCUT2D eigenvalue weighted by Crippen LogP contribution is 2.43. The zero-order valence-electron chi connectivity index (χ0n) is 45.1. The molecule has 14 nitrogen and oxygen atoms in total. The molecule has 0 saturated heterocycles. The molecule has 12 rings (SSSR count). The van der Waals surface area contributed by atoms with E-state index in [1.165, 1.54) is 72.8 Å². The summed E-state index contributed by atoms with van der Waals surface area (Å²) in [7, 11) is 0. The van der Waals surface area contributed by atoms with Crippen molar-refractivity contribution in [3.8, 4) is 67.9 Å². The fourth-order valence-electron chi connectivity index (χ4n) is 9.96. The van der Waals surface area contributed by atoms with E-state index in [-0.39, 0.29) is 24.7 Å². The maximum Gasteiger partial charge on any atom is 0.343 e. The molecule has 0 bridgehead atoms. The molecule has 0 radical (unpaired) electrons. The quantitative estimate of drug-likeness (QED) is 0.0367. The molecule has 0 unspecified atom stereocenters. The standard InChI is InChI=1S/C70H48N2O12/c1-43-4-31-61-51(37-43)17-32-63(82-42-80-56-24-11-46(12-25-56)48-15-28-58(29-16-48)84-70(78)50-7-20-54(21-8-50)72-66(75)35-36-67(72)76)68(61)62-40-59(39-52-38-44(2)3-30-60(52)62)81-41-79-55-22-9-45(10-23-55)47-13-26-57(27-14-47)83-69(77)49-5-18-53(19-6-49)71-64(73)33-34-65(71)74/h3-40H,41-42H2,1-2H3. The van der Waals surface area contributed by atoms with E-state index in [0.29, 0.717) is 45.9 Å². The second-order valence-electron chi connectivity index (χ2n) is 19.8. The van der Waals surface area contributed by atoms with Gasteiger partial charge in [-0.15, -0.1) is 0 Å². The molecule has 0 aliphatic carbocycles. The Hall–Kier alpha value is -11.4. The molecular formula is C70H48N2O12. The third-order valence-corrected chi connectivity index (χ3v) is 14.2. The van der Waals surface area contributed by atoms with Gasteiger partial charge in [0, 0.05) is 29.9 Å². The number of hydrogen-bond acceptors (Lipinski definition) is 12. The minimum absolute atomic E-state index is 0.0679. The van der Waals surface area contributed by atoms with Crippen LogP contribution in [0.25, 0.3) is 54.9 Å². The first kappa shape index (κ1) is 53.3. The number of rotatable bonds is 17. The summed E-state index contributed by atoms with van der Waals surface area (Å²) in [5.74, 6) is 0.207. The molecule has 84 heavy (non-hydrogen) atoms. The van der Waals surface area contributed by atoms with Crippen molar-refractivity contribution < 1.29 is 57.2 Å². The lowest BCUT2D eigenvalue weighted by atomic mass is 9.91. The molecule has 0 N–H and O–H groups in total. The molecule has 4 amide bonds. The van der Waals surface area contributed by atoms with Crippen LogP contribution >= 0.6 is 0 Å². The molecule has 2 aliphatic rings. The van der Waals surface area contributed by atoms with Crippen LogP contribution in [0.3, 0.4) is 0 Å². The second kappa shape index (κ2) is 23.0. The zero-order chi connectivity index (χ0) is 57.8. The van der Waals surface area contributed by atoms with Crippen molar-refractivity contribution in [2.75, 3.05) is 23.4 Å². The predicted molar refractivity (Wildman–Crippen MR) is 318 cm³/mol. The van der Waals surface area contributed by atoms with Crippen LogP contribution in [0.5, 0.6) is 34.5 Å².